The molecule has 0 saturated heterocycles. The van der Waals surface area contributed by atoms with Gasteiger partial charge in [-0.3, -0.25) is 0 Å². The number of rotatable bonds is 4. The van der Waals surface area contributed by atoms with Crippen LogP contribution >= 0.6 is 6.89 Å². The zero-order valence-electron chi connectivity index (χ0n) is 14.8. The monoisotopic (exact) mass is 350 g/mol. The number of carbonyl (C=O) groups is 1. The van der Waals surface area contributed by atoms with Crippen molar-refractivity contribution in [2.45, 2.75) is 13.8 Å². The molecule has 1 aliphatic rings. The number of hydrogen-bond donors (Lipinski definition) is 0. The van der Waals surface area contributed by atoms with Crippen LogP contribution in [0.3, 0.4) is 0 Å². The third-order valence-corrected chi connectivity index (χ3v) is 8.35. The molecule has 2 aromatic rings. The van der Waals surface area contributed by atoms with Crippen LogP contribution in [0.15, 0.2) is 84.2 Å². The zero-order valence-corrected chi connectivity index (χ0v) is 15.7. The zero-order chi connectivity index (χ0) is 17.9. The van der Waals surface area contributed by atoms with E-state index in [2.05, 4.69) is 56.3 Å². The second kappa shape index (κ2) is 6.90. The Balaban J connectivity index is 2.40. The molecule has 0 bridgehead atoms. The Hall–Kier alpha value is -2.31. The van der Waals surface area contributed by atoms with Crippen LogP contribution in [-0.4, -0.2) is 18.9 Å². The molecule has 0 radical (unpaired) electrons. The Morgan fingerprint density at radius 1 is 0.960 bits per heavy atom. The number of hydrogen-bond acceptors (Lipinski definition) is 2. The van der Waals surface area contributed by atoms with E-state index in [1.807, 2.05) is 36.4 Å². The molecule has 25 heavy (non-hydrogen) atoms. The number of ether oxygens (including phenoxy) is 1. The van der Waals surface area contributed by atoms with Gasteiger partial charge in [-0.05, 0) is 22.8 Å². The molecule has 2 aromatic carbocycles. The highest BCUT2D eigenvalue weighted by Crippen LogP contribution is 2.56. The van der Waals surface area contributed by atoms with Gasteiger partial charge in [0.15, 0.2) is 0 Å². The molecule has 128 valence electrons. The van der Waals surface area contributed by atoms with E-state index < -0.39 is 6.89 Å². The van der Waals surface area contributed by atoms with Gasteiger partial charge in [0, 0.05) is 11.2 Å². The second-order valence-electron chi connectivity index (χ2n) is 6.77. The lowest BCUT2D eigenvalue weighted by Gasteiger charge is -2.28. The number of carbonyl (C=O) groups excluding carboxylic acids is 1. The number of methoxy groups -OCH3 is 1. The van der Waals surface area contributed by atoms with E-state index in [9.17, 15) is 4.79 Å². The molecule has 0 aromatic heterocycles. The average molecular weight is 350 g/mol. The molecular formula is C22H23O2P. The first kappa shape index (κ1) is 17.5. The maximum absolute atomic E-state index is 12.4. The van der Waals surface area contributed by atoms with Crippen LogP contribution in [0.2, 0.25) is 0 Å². The number of benzene rings is 2. The molecular weight excluding hydrogens is 327 g/mol. The largest absolute Gasteiger partial charge is 0.466 e. The predicted octanol–water partition coefficient (Wildman–Crippen LogP) is 4.11. The molecule has 3 heteroatoms. The summed E-state index contributed by atoms with van der Waals surface area (Å²) in [5.74, 6) is 1.51. The third-order valence-electron chi connectivity index (χ3n) is 4.44. The highest BCUT2D eigenvalue weighted by molar-refractivity contribution is 7.92. The maximum Gasteiger partial charge on any atom is 0.331 e. The molecule has 0 atom stereocenters. The Kier molecular flexibility index (Phi) is 4.83. The van der Waals surface area contributed by atoms with Gasteiger partial charge in [0.05, 0.1) is 7.11 Å². The van der Waals surface area contributed by atoms with Crippen LogP contribution in [0.25, 0.3) is 0 Å². The molecule has 1 aliphatic carbocycles. The first-order chi connectivity index (χ1) is 12.0. The van der Waals surface area contributed by atoms with Gasteiger partial charge < -0.3 is 4.74 Å². The Bertz CT molecular complexity index is 831. The van der Waals surface area contributed by atoms with Crippen LogP contribution in [0.5, 0.6) is 0 Å². The Labute approximate surface area is 149 Å². The summed E-state index contributed by atoms with van der Waals surface area (Å²) in [4.78, 5) is 12.4. The van der Waals surface area contributed by atoms with Crippen molar-refractivity contribution < 1.29 is 9.53 Å². The van der Waals surface area contributed by atoms with Gasteiger partial charge in [0.1, 0.15) is 0 Å². The van der Waals surface area contributed by atoms with Crippen molar-refractivity contribution in [1.29, 1.82) is 0 Å². The van der Waals surface area contributed by atoms with E-state index in [4.69, 9.17) is 4.74 Å². The molecule has 0 heterocycles. The molecule has 0 amide bonds. The molecule has 0 aliphatic heterocycles. The van der Waals surface area contributed by atoms with Gasteiger partial charge in [-0.1, -0.05) is 92.7 Å². The SMILES string of the molecule is COC(=O)C=P(C1=CC(C)(C)C=C1)(c1ccccc1)c1ccccc1. The van der Waals surface area contributed by atoms with Crippen molar-refractivity contribution in [2.24, 2.45) is 5.41 Å². The van der Waals surface area contributed by atoms with Gasteiger partial charge in [-0.15, -0.1) is 0 Å². The summed E-state index contributed by atoms with van der Waals surface area (Å²) < 4.78 is 5.04. The number of allylic oxidation sites excluding steroid dienone is 4. The molecule has 0 spiro atoms. The lowest BCUT2D eigenvalue weighted by molar-refractivity contribution is -0.132. The summed E-state index contributed by atoms with van der Waals surface area (Å²) in [7, 11) is 1.44. The minimum atomic E-state index is -2.23. The van der Waals surface area contributed by atoms with Crippen molar-refractivity contribution in [3.05, 3.63) is 84.2 Å². The predicted molar refractivity (Wildman–Crippen MR) is 108 cm³/mol. The smallest absolute Gasteiger partial charge is 0.331 e. The second-order valence-corrected chi connectivity index (χ2v) is 10.0. The summed E-state index contributed by atoms with van der Waals surface area (Å²) in [5, 5.41) is 3.50. The van der Waals surface area contributed by atoms with Crippen molar-refractivity contribution in [1.82, 2.24) is 0 Å². The summed E-state index contributed by atoms with van der Waals surface area (Å²) in [6.45, 7) is 2.13. The minimum absolute atomic E-state index is 0.0197. The van der Waals surface area contributed by atoms with Gasteiger partial charge in [-0.25, -0.2) is 4.79 Å². The molecule has 0 N–H and O–H groups in total. The standard InChI is InChI=1S/C22H23O2P/c1-22(2)15-14-20(16-22)25(17-21(23)24-3,18-10-6-4-7-11-18)19-12-8-5-9-13-19/h4-17H,1-3H3. The molecule has 0 fully saturated rings. The fraction of sp³-hybridized carbons (Fsp3) is 0.182. The summed E-state index contributed by atoms with van der Waals surface area (Å²) in [6, 6.07) is 20.6. The normalized spacial score (nSPS) is 15.6. The van der Waals surface area contributed by atoms with E-state index in [0.29, 0.717) is 0 Å². The fourth-order valence-corrected chi connectivity index (χ4v) is 7.10. The van der Waals surface area contributed by atoms with E-state index in [0.717, 1.165) is 10.6 Å². The lowest BCUT2D eigenvalue weighted by atomic mass is 9.97. The molecule has 0 unspecified atom stereocenters. The average Bonchev–Trinajstić information content (AvgIpc) is 3.01. The van der Waals surface area contributed by atoms with Crippen LogP contribution in [0, 0.1) is 5.41 Å². The summed E-state index contributed by atoms with van der Waals surface area (Å²) in [6.07, 6.45) is 6.65. The minimum Gasteiger partial charge on any atom is -0.466 e. The molecule has 3 rings (SSSR count). The van der Waals surface area contributed by atoms with E-state index in [-0.39, 0.29) is 11.4 Å². The maximum atomic E-state index is 12.4. The highest BCUT2D eigenvalue weighted by Gasteiger charge is 2.31. The van der Waals surface area contributed by atoms with Crippen LogP contribution in [0.4, 0.5) is 0 Å². The van der Waals surface area contributed by atoms with Gasteiger partial charge in [-0.2, -0.15) is 0 Å². The topological polar surface area (TPSA) is 26.3 Å². The first-order valence-corrected chi connectivity index (χ1v) is 10.2. The van der Waals surface area contributed by atoms with Crippen LogP contribution in [-0.2, 0) is 9.53 Å². The molecule has 2 nitrogen and oxygen atoms in total. The quantitative estimate of drug-likeness (QED) is 0.613. The fourth-order valence-electron chi connectivity index (χ4n) is 3.20. The van der Waals surface area contributed by atoms with Crippen molar-refractivity contribution in [3.8, 4) is 0 Å². The van der Waals surface area contributed by atoms with E-state index in [1.165, 1.54) is 12.4 Å². The van der Waals surface area contributed by atoms with Crippen LogP contribution in [0.1, 0.15) is 13.8 Å². The Morgan fingerprint density at radius 3 is 1.88 bits per heavy atom. The summed E-state index contributed by atoms with van der Waals surface area (Å²) >= 11 is 0. The third kappa shape index (κ3) is 3.41. The van der Waals surface area contributed by atoms with Crippen molar-refractivity contribution in [2.75, 3.05) is 7.11 Å². The van der Waals surface area contributed by atoms with Gasteiger partial charge in [0.2, 0.25) is 0 Å². The lowest BCUT2D eigenvalue weighted by Crippen LogP contribution is -2.22. The van der Waals surface area contributed by atoms with Gasteiger partial charge in [0.25, 0.3) is 0 Å². The van der Waals surface area contributed by atoms with E-state index >= 15 is 0 Å². The van der Waals surface area contributed by atoms with E-state index in [1.54, 1.807) is 5.80 Å². The number of esters is 1. The van der Waals surface area contributed by atoms with Crippen LogP contribution < -0.4 is 10.6 Å². The van der Waals surface area contributed by atoms with Crippen molar-refractivity contribution >= 4 is 29.3 Å². The van der Waals surface area contributed by atoms with Gasteiger partial charge >= 0.3 is 5.97 Å². The summed E-state index contributed by atoms with van der Waals surface area (Å²) in [5.41, 5.74) is -0.0197. The first-order valence-electron chi connectivity index (χ1n) is 8.34. The molecule has 0 saturated carbocycles. The highest BCUT2D eigenvalue weighted by atomic mass is 31.2. The Morgan fingerprint density at radius 2 is 1.48 bits per heavy atom. The van der Waals surface area contributed by atoms with Crippen molar-refractivity contribution in [3.63, 3.8) is 0 Å².